The number of hydrogen-bond acceptors (Lipinski definition) is 6. The highest BCUT2D eigenvalue weighted by Gasteiger charge is 2.35. The summed E-state index contributed by atoms with van der Waals surface area (Å²) in [5, 5.41) is 5.96. The first-order chi connectivity index (χ1) is 21.3. The smallest absolute Gasteiger partial charge is 0.416 e. The van der Waals surface area contributed by atoms with Crippen LogP contribution in [0.4, 0.5) is 4.79 Å². The van der Waals surface area contributed by atoms with E-state index < -0.39 is 6.09 Å². The lowest BCUT2D eigenvalue weighted by Crippen LogP contribution is -2.42. The molecule has 0 saturated heterocycles. The van der Waals surface area contributed by atoms with Crippen LogP contribution in [0.1, 0.15) is 48.7 Å². The van der Waals surface area contributed by atoms with Gasteiger partial charge >= 0.3 is 6.09 Å². The zero-order valence-electron chi connectivity index (χ0n) is 25.1. The maximum absolute atomic E-state index is 13.6. The minimum atomic E-state index is -0.398. The van der Waals surface area contributed by atoms with Gasteiger partial charge < -0.3 is 19.2 Å². The standard InChI is InChI=1S/C34H36ClN5O4/c1-22(2)43-28(19-39-21-36-20-37-39)15-17-42-26-11-6-24(7-12-26)33-32-29(30-18-25(35)8-13-31(30)38-32)14-16-40(33)34(41)44-27-9-4-23(3)5-10-27/h4-13,18,20-22,28,33,38H,14-17,19H2,1-3H3. The highest BCUT2D eigenvalue weighted by Crippen LogP contribution is 2.40. The summed E-state index contributed by atoms with van der Waals surface area (Å²) in [4.78, 5) is 23.0. The van der Waals surface area contributed by atoms with E-state index in [0.29, 0.717) is 43.3 Å². The van der Waals surface area contributed by atoms with Crippen LogP contribution in [-0.2, 0) is 17.7 Å². The summed E-state index contributed by atoms with van der Waals surface area (Å²) >= 11 is 6.36. The zero-order valence-corrected chi connectivity index (χ0v) is 25.8. The number of rotatable bonds is 10. The maximum atomic E-state index is 13.6. The number of ether oxygens (including phenoxy) is 3. The molecule has 1 aliphatic heterocycles. The Morgan fingerprint density at radius 3 is 2.57 bits per heavy atom. The van der Waals surface area contributed by atoms with Crippen molar-refractivity contribution in [2.75, 3.05) is 13.2 Å². The zero-order chi connectivity index (χ0) is 30.6. The number of hydrogen-bond donors (Lipinski definition) is 1. The molecular formula is C34H36ClN5O4. The van der Waals surface area contributed by atoms with Gasteiger partial charge in [0.15, 0.2) is 0 Å². The molecule has 1 amide bonds. The molecule has 1 aliphatic rings. The number of nitrogens with zero attached hydrogens (tertiary/aromatic N) is 4. The molecule has 2 aromatic heterocycles. The van der Waals surface area contributed by atoms with Gasteiger partial charge in [0, 0.05) is 34.6 Å². The van der Waals surface area contributed by atoms with Crippen LogP contribution in [0.5, 0.6) is 11.5 Å². The Labute approximate surface area is 261 Å². The van der Waals surface area contributed by atoms with E-state index in [1.165, 1.54) is 6.33 Å². The van der Waals surface area contributed by atoms with Gasteiger partial charge in [-0.15, -0.1) is 0 Å². The number of aryl methyl sites for hydroxylation is 1. The number of aromatic nitrogens is 4. The van der Waals surface area contributed by atoms with Gasteiger partial charge in [-0.1, -0.05) is 41.4 Å². The van der Waals surface area contributed by atoms with Crippen molar-refractivity contribution in [3.63, 3.8) is 0 Å². The minimum absolute atomic E-state index is 0.0553. The van der Waals surface area contributed by atoms with Crippen LogP contribution < -0.4 is 9.47 Å². The van der Waals surface area contributed by atoms with Crippen LogP contribution in [0.25, 0.3) is 10.9 Å². The molecular weight excluding hydrogens is 578 g/mol. The third-order valence-electron chi connectivity index (χ3n) is 7.78. The largest absolute Gasteiger partial charge is 0.493 e. The monoisotopic (exact) mass is 613 g/mol. The molecule has 2 unspecified atom stereocenters. The lowest BCUT2D eigenvalue weighted by molar-refractivity contribution is -0.0141. The molecule has 5 aromatic rings. The minimum Gasteiger partial charge on any atom is -0.493 e. The number of aromatic amines is 1. The van der Waals surface area contributed by atoms with Crippen molar-refractivity contribution in [3.05, 3.63) is 107 Å². The molecule has 228 valence electrons. The number of carbonyl (C=O) groups is 1. The van der Waals surface area contributed by atoms with E-state index in [1.54, 1.807) is 15.9 Å². The van der Waals surface area contributed by atoms with Crippen molar-refractivity contribution in [1.29, 1.82) is 0 Å². The average Bonchev–Trinajstić information content (AvgIpc) is 3.65. The lowest BCUT2D eigenvalue weighted by atomic mass is 9.92. The number of fused-ring (bicyclic) bond motifs is 3. The van der Waals surface area contributed by atoms with E-state index in [4.69, 9.17) is 25.8 Å². The molecule has 44 heavy (non-hydrogen) atoms. The first-order valence-electron chi connectivity index (χ1n) is 14.9. The summed E-state index contributed by atoms with van der Waals surface area (Å²) in [6.45, 7) is 7.63. The van der Waals surface area contributed by atoms with Crippen molar-refractivity contribution in [1.82, 2.24) is 24.6 Å². The van der Waals surface area contributed by atoms with Gasteiger partial charge in [-0.05, 0) is 80.8 Å². The van der Waals surface area contributed by atoms with Gasteiger partial charge in [-0.2, -0.15) is 5.10 Å². The Bertz CT molecular complexity index is 1700. The van der Waals surface area contributed by atoms with Crippen molar-refractivity contribution in [2.24, 2.45) is 0 Å². The molecule has 3 heterocycles. The first kappa shape index (κ1) is 29.7. The summed E-state index contributed by atoms with van der Waals surface area (Å²) in [6.07, 6.45) is 4.23. The lowest BCUT2D eigenvalue weighted by Gasteiger charge is -2.35. The highest BCUT2D eigenvalue weighted by molar-refractivity contribution is 6.31. The topological polar surface area (TPSA) is 94.5 Å². The number of H-pyrrole nitrogens is 1. The van der Waals surface area contributed by atoms with Crippen LogP contribution >= 0.6 is 11.6 Å². The fraction of sp³-hybridized carbons (Fsp3) is 0.324. The fourth-order valence-corrected chi connectivity index (χ4v) is 5.92. The number of halogens is 1. The molecule has 9 nitrogen and oxygen atoms in total. The molecule has 0 spiro atoms. The van der Waals surface area contributed by atoms with Crippen LogP contribution in [0.2, 0.25) is 5.02 Å². The Hall–Kier alpha value is -4.34. The van der Waals surface area contributed by atoms with Crippen molar-refractivity contribution in [2.45, 2.75) is 58.4 Å². The Morgan fingerprint density at radius 1 is 1.07 bits per heavy atom. The molecule has 6 rings (SSSR count). The van der Waals surface area contributed by atoms with Crippen LogP contribution in [0, 0.1) is 6.92 Å². The van der Waals surface area contributed by atoms with Crippen molar-refractivity contribution in [3.8, 4) is 11.5 Å². The molecule has 1 N–H and O–H groups in total. The van der Waals surface area contributed by atoms with Crippen LogP contribution in [-0.4, -0.2) is 56.1 Å². The van der Waals surface area contributed by atoms with Gasteiger partial charge in [-0.3, -0.25) is 9.58 Å². The maximum Gasteiger partial charge on any atom is 0.416 e. The predicted molar refractivity (Wildman–Crippen MR) is 169 cm³/mol. The van der Waals surface area contributed by atoms with Gasteiger partial charge in [0.05, 0.1) is 25.4 Å². The van der Waals surface area contributed by atoms with Gasteiger partial charge in [0.1, 0.15) is 30.2 Å². The quantitative estimate of drug-likeness (QED) is 0.180. The van der Waals surface area contributed by atoms with E-state index in [9.17, 15) is 4.79 Å². The number of nitrogens with one attached hydrogen (secondary N) is 1. The number of benzene rings is 3. The van der Waals surface area contributed by atoms with Crippen LogP contribution in [0.3, 0.4) is 0 Å². The van der Waals surface area contributed by atoms with E-state index in [-0.39, 0.29) is 18.2 Å². The molecule has 0 radical (unpaired) electrons. The second-order valence-corrected chi connectivity index (χ2v) is 11.8. The number of carbonyl (C=O) groups excluding carboxylic acids is 1. The second kappa shape index (κ2) is 13.1. The van der Waals surface area contributed by atoms with Gasteiger partial charge in [-0.25, -0.2) is 9.78 Å². The molecule has 0 fully saturated rings. The molecule has 0 bridgehead atoms. The molecule has 0 aliphatic carbocycles. The van der Waals surface area contributed by atoms with E-state index >= 15 is 0 Å². The third-order valence-corrected chi connectivity index (χ3v) is 8.01. The van der Waals surface area contributed by atoms with Gasteiger partial charge in [0.25, 0.3) is 0 Å². The Kier molecular flexibility index (Phi) is 8.86. The molecule has 10 heteroatoms. The van der Waals surface area contributed by atoms with E-state index in [1.807, 2.05) is 87.5 Å². The van der Waals surface area contributed by atoms with Crippen molar-refractivity contribution < 1.29 is 19.0 Å². The summed E-state index contributed by atoms with van der Waals surface area (Å²) < 4.78 is 19.8. The van der Waals surface area contributed by atoms with E-state index in [0.717, 1.165) is 39.0 Å². The summed E-state index contributed by atoms with van der Waals surface area (Å²) in [7, 11) is 0. The Morgan fingerprint density at radius 2 is 1.84 bits per heavy atom. The van der Waals surface area contributed by atoms with E-state index in [2.05, 4.69) is 15.1 Å². The number of amides is 1. The first-order valence-corrected chi connectivity index (χ1v) is 15.3. The average molecular weight is 614 g/mol. The van der Waals surface area contributed by atoms with Crippen LogP contribution in [0.15, 0.2) is 79.4 Å². The van der Waals surface area contributed by atoms with Crippen molar-refractivity contribution >= 4 is 28.6 Å². The van der Waals surface area contributed by atoms with Gasteiger partial charge in [0.2, 0.25) is 0 Å². The summed E-state index contributed by atoms with van der Waals surface area (Å²) in [5.41, 5.74) is 5.16. The molecule has 0 saturated carbocycles. The molecule has 2 atom stereocenters. The summed E-state index contributed by atoms with van der Waals surface area (Å²) in [6, 6.07) is 20.9. The fourth-order valence-electron chi connectivity index (χ4n) is 5.75. The molecule has 3 aromatic carbocycles. The summed E-state index contributed by atoms with van der Waals surface area (Å²) in [5.74, 6) is 1.26. The third kappa shape index (κ3) is 6.74. The predicted octanol–water partition coefficient (Wildman–Crippen LogP) is 7.13. The Balaban J connectivity index is 1.22. The highest BCUT2D eigenvalue weighted by atomic mass is 35.5. The normalized spacial score (nSPS) is 15.4. The second-order valence-electron chi connectivity index (χ2n) is 11.4. The SMILES string of the molecule is Cc1ccc(OC(=O)N2CCc3c([nH]c4ccc(Cl)cc34)C2c2ccc(OCCC(Cn3cncn3)OC(C)C)cc2)cc1.